The second-order valence-electron chi connectivity index (χ2n) is 6.41. The van der Waals surface area contributed by atoms with Gasteiger partial charge in [-0.1, -0.05) is 49.6 Å². The first-order valence-electron chi connectivity index (χ1n) is 8.09. The number of nitrogens with zero attached hydrogens (tertiary/aromatic N) is 1. The van der Waals surface area contributed by atoms with E-state index in [1.807, 2.05) is 30.3 Å². The highest BCUT2D eigenvalue weighted by molar-refractivity contribution is 5.82. The van der Waals surface area contributed by atoms with Gasteiger partial charge in [0.2, 0.25) is 0 Å². The lowest BCUT2D eigenvalue weighted by atomic mass is 9.74. The van der Waals surface area contributed by atoms with E-state index in [9.17, 15) is 4.79 Å². The van der Waals surface area contributed by atoms with Crippen molar-refractivity contribution < 1.29 is 4.79 Å². The van der Waals surface area contributed by atoms with Gasteiger partial charge in [-0.05, 0) is 36.8 Å². The zero-order valence-electron chi connectivity index (χ0n) is 12.5. The van der Waals surface area contributed by atoms with E-state index in [0.717, 1.165) is 30.5 Å². The number of hydrogen-bond donors (Lipinski definition) is 2. The highest BCUT2D eigenvalue weighted by atomic mass is 16.2. The van der Waals surface area contributed by atoms with Gasteiger partial charge in [0.05, 0.1) is 0 Å². The topological polar surface area (TPSA) is 58.4 Å². The molecule has 3 N–H and O–H groups in total. The van der Waals surface area contributed by atoms with Crippen molar-refractivity contribution in [3.05, 3.63) is 35.9 Å². The van der Waals surface area contributed by atoms with Crippen LogP contribution in [-0.4, -0.2) is 23.9 Å². The number of piperidine rings is 1. The first kappa shape index (κ1) is 14.5. The van der Waals surface area contributed by atoms with Crippen molar-refractivity contribution in [1.29, 1.82) is 0 Å². The summed E-state index contributed by atoms with van der Waals surface area (Å²) in [6.45, 7) is 2.02. The van der Waals surface area contributed by atoms with Crippen LogP contribution in [0.2, 0.25) is 0 Å². The quantitative estimate of drug-likeness (QED) is 0.509. The van der Waals surface area contributed by atoms with E-state index < -0.39 is 0 Å². The molecule has 0 aromatic heterocycles. The molecular weight excluding hydrogens is 262 g/mol. The first-order valence-corrected chi connectivity index (χ1v) is 8.09. The van der Waals surface area contributed by atoms with Gasteiger partial charge in [0.1, 0.15) is 6.04 Å². The molecule has 1 aliphatic carbocycles. The zero-order valence-corrected chi connectivity index (χ0v) is 12.5. The third kappa shape index (κ3) is 3.11. The number of hydrazine groups is 1. The molecule has 0 bridgehead atoms. The van der Waals surface area contributed by atoms with Crippen LogP contribution >= 0.6 is 0 Å². The lowest BCUT2D eigenvalue weighted by Gasteiger charge is -2.43. The summed E-state index contributed by atoms with van der Waals surface area (Å²) in [5.41, 5.74) is 3.39. The average Bonchev–Trinajstić information content (AvgIpc) is 2.56. The maximum Gasteiger partial charge on any atom is 0.255 e. The summed E-state index contributed by atoms with van der Waals surface area (Å²) in [5.74, 6) is 6.94. The Kier molecular flexibility index (Phi) is 4.56. The monoisotopic (exact) mass is 287 g/mol. The number of likely N-dealkylation sites (tertiary alicyclic amines) is 1. The molecule has 21 heavy (non-hydrogen) atoms. The van der Waals surface area contributed by atoms with Gasteiger partial charge in [-0.15, -0.1) is 0 Å². The molecule has 1 heterocycles. The third-order valence-corrected chi connectivity index (χ3v) is 5.19. The standard InChI is InChI=1S/C17H25N3O/c18-19-17(21)16(14-7-2-1-3-8-14)20-11-10-13-6-4-5-9-15(13)12-20/h1-3,7-8,13,15-16H,4-6,9-12,18H2,(H,19,21). The Balaban J connectivity index is 1.79. The fourth-order valence-electron chi connectivity index (χ4n) is 4.11. The smallest absolute Gasteiger partial charge is 0.255 e. The Hall–Kier alpha value is -1.39. The predicted octanol–water partition coefficient (Wildman–Crippen LogP) is 2.23. The van der Waals surface area contributed by atoms with Gasteiger partial charge in [0.25, 0.3) is 5.91 Å². The second kappa shape index (κ2) is 6.58. The van der Waals surface area contributed by atoms with E-state index in [2.05, 4.69) is 10.3 Å². The summed E-state index contributed by atoms with van der Waals surface area (Å²) in [6.07, 6.45) is 6.62. The number of hydrogen-bond acceptors (Lipinski definition) is 3. The van der Waals surface area contributed by atoms with E-state index >= 15 is 0 Å². The molecule has 3 unspecified atom stereocenters. The minimum absolute atomic E-state index is 0.101. The van der Waals surface area contributed by atoms with Gasteiger partial charge in [-0.2, -0.15) is 0 Å². The lowest BCUT2D eigenvalue weighted by Crippen LogP contribution is -2.49. The van der Waals surface area contributed by atoms with E-state index in [-0.39, 0.29) is 11.9 Å². The normalized spacial score (nSPS) is 27.7. The minimum Gasteiger partial charge on any atom is -0.293 e. The van der Waals surface area contributed by atoms with E-state index in [4.69, 9.17) is 5.84 Å². The molecule has 2 fully saturated rings. The molecule has 2 aliphatic rings. The Morgan fingerprint density at radius 1 is 1.14 bits per heavy atom. The summed E-state index contributed by atoms with van der Waals surface area (Å²) in [4.78, 5) is 14.6. The summed E-state index contributed by atoms with van der Waals surface area (Å²) < 4.78 is 0. The van der Waals surface area contributed by atoms with Crippen molar-refractivity contribution in [2.45, 2.75) is 38.1 Å². The van der Waals surface area contributed by atoms with Crippen molar-refractivity contribution in [3.8, 4) is 0 Å². The van der Waals surface area contributed by atoms with Crippen molar-refractivity contribution in [1.82, 2.24) is 10.3 Å². The van der Waals surface area contributed by atoms with E-state index in [1.165, 1.54) is 32.1 Å². The highest BCUT2D eigenvalue weighted by Gasteiger charge is 2.36. The summed E-state index contributed by atoms with van der Waals surface area (Å²) in [6, 6.07) is 9.74. The molecule has 4 heteroatoms. The van der Waals surface area contributed by atoms with Crippen molar-refractivity contribution >= 4 is 5.91 Å². The average molecular weight is 287 g/mol. The SMILES string of the molecule is NNC(=O)C(c1ccccc1)N1CCC2CCCCC2C1. The van der Waals surface area contributed by atoms with E-state index in [0.29, 0.717) is 0 Å². The molecule has 1 saturated heterocycles. The number of nitrogens with two attached hydrogens (primary N) is 1. The van der Waals surface area contributed by atoms with Gasteiger partial charge >= 0.3 is 0 Å². The van der Waals surface area contributed by atoms with Crippen LogP contribution in [0.1, 0.15) is 43.7 Å². The lowest BCUT2D eigenvalue weighted by molar-refractivity contribution is -0.128. The summed E-state index contributed by atoms with van der Waals surface area (Å²) in [7, 11) is 0. The number of rotatable bonds is 3. The summed E-state index contributed by atoms with van der Waals surface area (Å²) >= 11 is 0. The zero-order chi connectivity index (χ0) is 14.7. The molecule has 4 nitrogen and oxygen atoms in total. The number of amides is 1. The van der Waals surface area contributed by atoms with Crippen LogP contribution in [0.4, 0.5) is 0 Å². The molecule has 1 aromatic rings. The minimum atomic E-state index is -0.251. The van der Waals surface area contributed by atoms with Gasteiger partial charge in [-0.25, -0.2) is 5.84 Å². The Morgan fingerprint density at radius 2 is 1.86 bits per heavy atom. The van der Waals surface area contributed by atoms with Crippen LogP contribution in [0.3, 0.4) is 0 Å². The molecule has 1 aromatic carbocycles. The highest BCUT2D eigenvalue weighted by Crippen LogP contribution is 2.38. The van der Waals surface area contributed by atoms with Crippen molar-refractivity contribution in [3.63, 3.8) is 0 Å². The fourth-order valence-corrected chi connectivity index (χ4v) is 4.11. The number of benzene rings is 1. The molecule has 0 spiro atoms. The van der Waals surface area contributed by atoms with Crippen LogP contribution in [-0.2, 0) is 4.79 Å². The Morgan fingerprint density at radius 3 is 2.57 bits per heavy atom. The molecule has 114 valence electrons. The number of fused-ring (bicyclic) bond motifs is 1. The van der Waals surface area contributed by atoms with Gasteiger partial charge in [0, 0.05) is 6.54 Å². The van der Waals surface area contributed by atoms with Crippen LogP contribution in [0, 0.1) is 11.8 Å². The molecule has 3 atom stereocenters. The molecule has 1 amide bonds. The van der Waals surface area contributed by atoms with Gasteiger partial charge in [0.15, 0.2) is 0 Å². The second-order valence-corrected chi connectivity index (χ2v) is 6.41. The van der Waals surface area contributed by atoms with Crippen LogP contribution in [0.15, 0.2) is 30.3 Å². The molecule has 1 saturated carbocycles. The summed E-state index contributed by atoms with van der Waals surface area (Å²) in [5, 5.41) is 0. The Bertz CT molecular complexity index is 476. The van der Waals surface area contributed by atoms with Gasteiger partial charge < -0.3 is 0 Å². The maximum atomic E-state index is 12.3. The van der Waals surface area contributed by atoms with Crippen LogP contribution in [0.5, 0.6) is 0 Å². The molecular formula is C17H25N3O. The molecule has 0 radical (unpaired) electrons. The molecule has 1 aliphatic heterocycles. The maximum absolute atomic E-state index is 12.3. The Labute approximate surface area is 126 Å². The fraction of sp³-hybridized carbons (Fsp3) is 0.588. The van der Waals surface area contributed by atoms with Crippen molar-refractivity contribution in [2.24, 2.45) is 17.7 Å². The third-order valence-electron chi connectivity index (χ3n) is 5.19. The number of nitrogens with one attached hydrogen (secondary N) is 1. The van der Waals surface area contributed by atoms with Crippen LogP contribution in [0.25, 0.3) is 0 Å². The van der Waals surface area contributed by atoms with E-state index in [1.54, 1.807) is 0 Å². The first-order chi connectivity index (χ1) is 10.3. The number of carbonyl (C=O) groups excluding carboxylic acids is 1. The number of carbonyl (C=O) groups is 1. The molecule has 3 rings (SSSR count). The van der Waals surface area contributed by atoms with Crippen LogP contribution < -0.4 is 11.3 Å². The predicted molar refractivity (Wildman–Crippen MR) is 83.2 cm³/mol. The van der Waals surface area contributed by atoms with Crippen molar-refractivity contribution in [2.75, 3.05) is 13.1 Å². The van der Waals surface area contributed by atoms with Gasteiger partial charge in [-0.3, -0.25) is 15.1 Å². The largest absolute Gasteiger partial charge is 0.293 e.